The molecule has 1 N–H and O–H groups in total. The highest BCUT2D eigenvalue weighted by Crippen LogP contribution is 2.31. The second-order valence-electron chi connectivity index (χ2n) is 7.28. The van der Waals surface area contributed by atoms with Gasteiger partial charge in [-0.25, -0.2) is 4.79 Å². The lowest BCUT2D eigenvalue weighted by Crippen LogP contribution is -2.42. The van der Waals surface area contributed by atoms with Crippen molar-refractivity contribution in [2.45, 2.75) is 31.9 Å². The number of aryl methyl sites for hydroxylation is 1. The summed E-state index contributed by atoms with van der Waals surface area (Å²) in [5.41, 5.74) is 1.40. The van der Waals surface area contributed by atoms with Crippen LogP contribution in [0.3, 0.4) is 0 Å². The number of halogens is 3. The summed E-state index contributed by atoms with van der Waals surface area (Å²) < 4.78 is 40.6. The lowest BCUT2D eigenvalue weighted by atomic mass is 9.97. The van der Waals surface area contributed by atoms with Crippen LogP contribution in [0, 0.1) is 6.92 Å². The maximum Gasteiger partial charge on any atom is 0.417 e. The maximum absolute atomic E-state index is 13.1. The fourth-order valence-corrected chi connectivity index (χ4v) is 3.57. The summed E-state index contributed by atoms with van der Waals surface area (Å²) in [5.74, 6) is 0.255. The van der Waals surface area contributed by atoms with E-state index in [1.807, 2.05) is 31.2 Å². The van der Waals surface area contributed by atoms with Gasteiger partial charge in [0.1, 0.15) is 5.82 Å². The van der Waals surface area contributed by atoms with Crippen molar-refractivity contribution in [1.82, 2.24) is 19.5 Å². The number of likely N-dealkylation sites (tertiary alicyclic amines) is 1. The Morgan fingerprint density at radius 1 is 1.14 bits per heavy atom. The topological polar surface area (TPSA) is 62.5 Å². The summed E-state index contributed by atoms with van der Waals surface area (Å²) in [4.78, 5) is 14.3. The Labute approximate surface area is 165 Å². The number of piperidine rings is 1. The Morgan fingerprint density at radius 2 is 1.90 bits per heavy atom. The van der Waals surface area contributed by atoms with Gasteiger partial charge in [-0.3, -0.25) is 4.40 Å². The van der Waals surface area contributed by atoms with Gasteiger partial charge < -0.3 is 10.2 Å². The Bertz CT molecular complexity index is 1030. The molecule has 0 spiro atoms. The number of nitrogens with one attached hydrogen (secondary N) is 1. The molecule has 1 aliphatic heterocycles. The molecule has 6 nitrogen and oxygen atoms in total. The van der Waals surface area contributed by atoms with Gasteiger partial charge in [0.2, 0.25) is 0 Å². The first-order chi connectivity index (χ1) is 13.8. The van der Waals surface area contributed by atoms with E-state index >= 15 is 0 Å². The number of amides is 2. The summed E-state index contributed by atoms with van der Waals surface area (Å²) in [5, 5.41) is 11.0. The molecular weight excluding hydrogens is 383 g/mol. The van der Waals surface area contributed by atoms with E-state index in [0.29, 0.717) is 30.2 Å². The van der Waals surface area contributed by atoms with Gasteiger partial charge >= 0.3 is 12.2 Å². The Hall–Kier alpha value is -3.10. The zero-order chi connectivity index (χ0) is 20.6. The van der Waals surface area contributed by atoms with Crippen molar-refractivity contribution in [2.24, 2.45) is 0 Å². The standard InChI is InChI=1S/C20H20F3N5O/c1-13-4-7-16(8-5-13)24-19(29)27-10-2-3-14(11-27)18-26-25-17-9-6-15(12-28(17)18)20(21,22)23/h4-9,12,14H,2-3,10-11H2,1H3,(H,24,29)/t14-/m0/s1. The van der Waals surface area contributed by atoms with Crippen molar-refractivity contribution in [1.29, 1.82) is 0 Å². The van der Waals surface area contributed by atoms with Crippen LogP contribution in [-0.2, 0) is 6.18 Å². The normalized spacial score (nSPS) is 17.5. The number of fused-ring (bicyclic) bond motifs is 1. The molecule has 152 valence electrons. The lowest BCUT2D eigenvalue weighted by molar-refractivity contribution is -0.137. The highest BCUT2D eigenvalue weighted by molar-refractivity contribution is 5.89. The molecule has 0 bridgehead atoms. The van der Waals surface area contributed by atoms with Crippen LogP contribution in [0.1, 0.15) is 35.7 Å². The minimum atomic E-state index is -4.44. The van der Waals surface area contributed by atoms with Gasteiger partial charge in [-0.15, -0.1) is 10.2 Å². The number of rotatable bonds is 2. The molecule has 3 aromatic rings. The molecule has 2 amide bonds. The van der Waals surface area contributed by atoms with Crippen molar-refractivity contribution in [3.05, 3.63) is 59.5 Å². The van der Waals surface area contributed by atoms with Crippen molar-refractivity contribution in [2.75, 3.05) is 18.4 Å². The van der Waals surface area contributed by atoms with Crippen LogP contribution < -0.4 is 5.32 Å². The number of aromatic nitrogens is 3. The van der Waals surface area contributed by atoms with Gasteiger partial charge in [-0.2, -0.15) is 13.2 Å². The quantitative estimate of drug-likeness (QED) is 0.687. The molecule has 1 aromatic carbocycles. The highest BCUT2D eigenvalue weighted by atomic mass is 19.4. The van der Waals surface area contributed by atoms with Gasteiger partial charge in [0, 0.05) is 30.9 Å². The van der Waals surface area contributed by atoms with Crippen LogP contribution in [-0.4, -0.2) is 38.6 Å². The van der Waals surface area contributed by atoms with Crippen LogP contribution in [0.2, 0.25) is 0 Å². The van der Waals surface area contributed by atoms with E-state index in [1.54, 1.807) is 4.90 Å². The zero-order valence-corrected chi connectivity index (χ0v) is 15.8. The molecule has 0 aliphatic carbocycles. The number of alkyl halides is 3. The van der Waals surface area contributed by atoms with E-state index in [0.717, 1.165) is 30.7 Å². The number of pyridine rings is 1. The molecule has 1 saturated heterocycles. The number of hydrogen-bond donors (Lipinski definition) is 1. The van der Waals surface area contributed by atoms with Gasteiger partial charge in [0.05, 0.1) is 5.56 Å². The fourth-order valence-electron chi connectivity index (χ4n) is 3.57. The second kappa shape index (κ2) is 7.38. The smallest absolute Gasteiger partial charge is 0.324 e. The lowest BCUT2D eigenvalue weighted by Gasteiger charge is -2.32. The van der Waals surface area contributed by atoms with Crippen molar-refractivity contribution < 1.29 is 18.0 Å². The molecule has 0 radical (unpaired) electrons. The molecule has 1 atom stereocenters. The molecular formula is C20H20F3N5O. The summed E-state index contributed by atoms with van der Waals surface area (Å²) in [6, 6.07) is 9.56. The monoisotopic (exact) mass is 403 g/mol. The maximum atomic E-state index is 13.1. The van der Waals surface area contributed by atoms with E-state index < -0.39 is 11.7 Å². The Kier molecular flexibility index (Phi) is 4.89. The minimum Gasteiger partial charge on any atom is -0.324 e. The Balaban J connectivity index is 1.53. The molecule has 1 aliphatic rings. The molecule has 0 unspecified atom stereocenters. The third-order valence-electron chi connectivity index (χ3n) is 5.13. The van der Waals surface area contributed by atoms with Crippen molar-refractivity contribution >= 4 is 17.4 Å². The summed E-state index contributed by atoms with van der Waals surface area (Å²) in [6.45, 7) is 2.92. The van der Waals surface area contributed by atoms with Crippen molar-refractivity contribution in [3.63, 3.8) is 0 Å². The summed E-state index contributed by atoms with van der Waals surface area (Å²) >= 11 is 0. The number of hydrogen-bond acceptors (Lipinski definition) is 3. The number of carbonyl (C=O) groups is 1. The summed E-state index contributed by atoms with van der Waals surface area (Å²) in [6.07, 6.45) is -1.95. The largest absolute Gasteiger partial charge is 0.417 e. The van der Waals surface area contributed by atoms with Crippen LogP contribution in [0.4, 0.5) is 23.7 Å². The van der Waals surface area contributed by atoms with E-state index in [2.05, 4.69) is 15.5 Å². The number of carbonyl (C=O) groups excluding carboxylic acids is 1. The average molecular weight is 403 g/mol. The van der Waals surface area contributed by atoms with E-state index in [1.165, 1.54) is 10.5 Å². The number of anilines is 1. The molecule has 29 heavy (non-hydrogen) atoms. The van der Waals surface area contributed by atoms with Gasteiger partial charge in [0.15, 0.2) is 5.65 Å². The SMILES string of the molecule is Cc1ccc(NC(=O)N2CCC[C@H](c3nnc4ccc(C(F)(F)F)cn34)C2)cc1. The fraction of sp³-hybridized carbons (Fsp3) is 0.350. The van der Waals surface area contributed by atoms with Gasteiger partial charge in [0.25, 0.3) is 0 Å². The highest BCUT2D eigenvalue weighted by Gasteiger charge is 2.32. The van der Waals surface area contributed by atoms with Gasteiger partial charge in [-0.1, -0.05) is 17.7 Å². The number of benzene rings is 1. The molecule has 4 rings (SSSR count). The minimum absolute atomic E-state index is 0.189. The predicted molar refractivity (Wildman–Crippen MR) is 102 cm³/mol. The third-order valence-corrected chi connectivity index (χ3v) is 5.13. The third kappa shape index (κ3) is 4.03. The first kappa shape index (κ1) is 19.2. The summed E-state index contributed by atoms with van der Waals surface area (Å²) in [7, 11) is 0. The molecule has 9 heteroatoms. The zero-order valence-electron chi connectivity index (χ0n) is 15.8. The van der Waals surface area contributed by atoms with Crippen LogP contribution >= 0.6 is 0 Å². The van der Waals surface area contributed by atoms with E-state index in [9.17, 15) is 18.0 Å². The first-order valence-corrected chi connectivity index (χ1v) is 9.36. The van der Waals surface area contributed by atoms with Gasteiger partial charge in [-0.05, 0) is 44.0 Å². The second-order valence-corrected chi connectivity index (χ2v) is 7.28. The Morgan fingerprint density at radius 3 is 2.62 bits per heavy atom. The van der Waals surface area contributed by atoms with E-state index in [-0.39, 0.29) is 11.9 Å². The molecule has 3 heterocycles. The first-order valence-electron chi connectivity index (χ1n) is 9.36. The number of urea groups is 1. The number of nitrogens with zero attached hydrogens (tertiary/aromatic N) is 4. The van der Waals surface area contributed by atoms with Crippen LogP contribution in [0.15, 0.2) is 42.6 Å². The van der Waals surface area contributed by atoms with Crippen LogP contribution in [0.5, 0.6) is 0 Å². The van der Waals surface area contributed by atoms with E-state index in [4.69, 9.17) is 0 Å². The predicted octanol–water partition coefficient (Wildman–Crippen LogP) is 4.47. The average Bonchev–Trinajstić information content (AvgIpc) is 3.12. The molecule has 2 aromatic heterocycles. The molecule has 1 fully saturated rings. The van der Waals surface area contributed by atoms with Crippen molar-refractivity contribution in [3.8, 4) is 0 Å². The molecule has 0 saturated carbocycles. The van der Waals surface area contributed by atoms with Crippen LogP contribution in [0.25, 0.3) is 5.65 Å².